The molecule has 2 heterocycles. The first-order chi connectivity index (χ1) is 16.2. The molecule has 5 heteroatoms. The Morgan fingerprint density at radius 2 is 1.88 bits per heavy atom. The molecule has 3 aromatic rings. The fourth-order valence-corrected chi connectivity index (χ4v) is 5.61. The van der Waals surface area contributed by atoms with E-state index in [0.717, 1.165) is 46.4 Å². The minimum atomic E-state index is -0.0121. The van der Waals surface area contributed by atoms with Crippen LogP contribution in [-0.2, 0) is 0 Å². The zero-order valence-electron chi connectivity index (χ0n) is 19.5. The van der Waals surface area contributed by atoms with Crippen LogP contribution in [-0.4, -0.2) is 42.0 Å². The molecular weight excluding hydrogens is 408 g/mol. The molecule has 2 atom stereocenters. The lowest BCUT2D eigenvalue weighted by molar-refractivity contribution is 0.0833. The normalized spacial score (nSPS) is 20.9. The molecule has 0 unspecified atom stereocenters. The number of aromatic nitrogens is 1. The van der Waals surface area contributed by atoms with E-state index < -0.39 is 0 Å². The number of hydrogen-bond donors (Lipinski definition) is 2. The van der Waals surface area contributed by atoms with Crippen molar-refractivity contribution in [3.63, 3.8) is 0 Å². The van der Waals surface area contributed by atoms with Crippen LogP contribution in [0.3, 0.4) is 0 Å². The number of carbonyl (C=O) groups is 1. The summed E-state index contributed by atoms with van der Waals surface area (Å²) in [5, 5.41) is 7.69. The number of carbonyl (C=O) groups excluding carboxylic acids is 1. The Kier molecular flexibility index (Phi) is 6.58. The van der Waals surface area contributed by atoms with Gasteiger partial charge in [-0.1, -0.05) is 43.5 Å². The first kappa shape index (κ1) is 21.9. The summed E-state index contributed by atoms with van der Waals surface area (Å²) in [6.07, 6.45) is 6.96. The van der Waals surface area contributed by atoms with Crippen LogP contribution < -0.4 is 10.6 Å². The monoisotopic (exact) mass is 442 g/mol. The lowest BCUT2D eigenvalue weighted by atomic mass is 9.75. The number of nitrogens with zero attached hydrogens (tertiary/aromatic N) is 2. The van der Waals surface area contributed by atoms with Crippen LogP contribution in [0.5, 0.6) is 0 Å². The quantitative estimate of drug-likeness (QED) is 0.527. The molecule has 0 radical (unpaired) electrons. The number of nitrogens with one attached hydrogen (secondary N) is 2. The molecular formula is C28H34N4O. The standard InChI is InChI=1S/C28H34N4O/c1-20-17-27(25-11-4-5-12-26(25)30-20)31-24-10-6-9-22(18-24)28(33)29-14-16-32-15-13-21-7-2-3-8-23(21)19-32/h4-6,9-12,17-18,21,23H,2-3,7-8,13-16,19H2,1H3,(H,29,33)(H,30,31)/t21-,23+/m0/s1. The minimum Gasteiger partial charge on any atom is -0.355 e. The van der Waals surface area contributed by atoms with Gasteiger partial charge in [-0.05, 0) is 68.5 Å². The number of aryl methyl sites for hydroxylation is 1. The van der Waals surface area contributed by atoms with Crippen molar-refractivity contribution in [1.82, 2.24) is 15.2 Å². The van der Waals surface area contributed by atoms with E-state index in [1.165, 1.54) is 45.2 Å². The third kappa shape index (κ3) is 5.19. The number of likely N-dealkylation sites (tertiary alicyclic amines) is 1. The van der Waals surface area contributed by atoms with Gasteiger partial charge in [0.05, 0.1) is 5.52 Å². The van der Waals surface area contributed by atoms with Crippen molar-refractivity contribution in [2.75, 3.05) is 31.5 Å². The molecule has 2 aliphatic rings. The van der Waals surface area contributed by atoms with Gasteiger partial charge in [0.2, 0.25) is 0 Å². The molecule has 1 aliphatic heterocycles. The van der Waals surface area contributed by atoms with E-state index in [4.69, 9.17) is 0 Å². The Morgan fingerprint density at radius 3 is 2.79 bits per heavy atom. The van der Waals surface area contributed by atoms with Gasteiger partial charge >= 0.3 is 0 Å². The van der Waals surface area contributed by atoms with Crippen molar-refractivity contribution in [1.29, 1.82) is 0 Å². The third-order valence-electron chi connectivity index (χ3n) is 7.34. The molecule has 0 bridgehead atoms. The van der Waals surface area contributed by atoms with Crippen LogP contribution in [0.2, 0.25) is 0 Å². The molecule has 1 saturated carbocycles. The highest BCUT2D eigenvalue weighted by Crippen LogP contribution is 2.35. The molecule has 0 spiro atoms. The van der Waals surface area contributed by atoms with Crippen molar-refractivity contribution < 1.29 is 4.79 Å². The summed E-state index contributed by atoms with van der Waals surface area (Å²) in [6, 6.07) is 17.9. The largest absolute Gasteiger partial charge is 0.355 e. The van der Waals surface area contributed by atoms with E-state index in [1.807, 2.05) is 55.5 Å². The summed E-state index contributed by atoms with van der Waals surface area (Å²) in [4.78, 5) is 20.0. The number of benzene rings is 2. The Balaban J connectivity index is 1.19. The molecule has 2 fully saturated rings. The second-order valence-corrected chi connectivity index (χ2v) is 9.68. The van der Waals surface area contributed by atoms with E-state index in [9.17, 15) is 4.79 Å². The van der Waals surface area contributed by atoms with Gasteiger partial charge < -0.3 is 15.5 Å². The zero-order chi connectivity index (χ0) is 22.6. The van der Waals surface area contributed by atoms with E-state index in [0.29, 0.717) is 12.1 Å². The minimum absolute atomic E-state index is 0.0121. The number of anilines is 2. The maximum absolute atomic E-state index is 12.8. The van der Waals surface area contributed by atoms with E-state index in [-0.39, 0.29) is 5.91 Å². The lowest BCUT2D eigenvalue weighted by Crippen LogP contribution is -2.44. The third-order valence-corrected chi connectivity index (χ3v) is 7.34. The molecule has 1 aromatic heterocycles. The number of piperidine rings is 1. The summed E-state index contributed by atoms with van der Waals surface area (Å²) >= 11 is 0. The smallest absolute Gasteiger partial charge is 0.251 e. The zero-order valence-corrected chi connectivity index (χ0v) is 19.5. The number of para-hydroxylation sites is 1. The molecule has 2 N–H and O–H groups in total. The molecule has 2 aromatic carbocycles. The van der Waals surface area contributed by atoms with Gasteiger partial charge in [0, 0.05) is 47.7 Å². The number of rotatable bonds is 6. The van der Waals surface area contributed by atoms with Crippen molar-refractivity contribution in [3.8, 4) is 0 Å². The van der Waals surface area contributed by atoms with Crippen LogP contribution in [0.1, 0.15) is 48.2 Å². The average molecular weight is 443 g/mol. The van der Waals surface area contributed by atoms with Crippen LogP contribution in [0, 0.1) is 18.8 Å². The molecule has 1 saturated heterocycles. The number of fused-ring (bicyclic) bond motifs is 2. The summed E-state index contributed by atoms with van der Waals surface area (Å²) in [6.45, 7) is 6.02. The topological polar surface area (TPSA) is 57.3 Å². The maximum atomic E-state index is 12.8. The van der Waals surface area contributed by atoms with Gasteiger partial charge in [0.25, 0.3) is 5.91 Å². The van der Waals surface area contributed by atoms with Gasteiger partial charge in [-0.3, -0.25) is 9.78 Å². The van der Waals surface area contributed by atoms with Gasteiger partial charge in [0.1, 0.15) is 0 Å². The highest BCUT2D eigenvalue weighted by atomic mass is 16.1. The Hall–Kier alpha value is -2.92. The maximum Gasteiger partial charge on any atom is 0.251 e. The van der Waals surface area contributed by atoms with Crippen molar-refractivity contribution >= 4 is 28.2 Å². The first-order valence-corrected chi connectivity index (χ1v) is 12.4. The SMILES string of the molecule is Cc1cc(Nc2cccc(C(=O)NCCN3CC[C@@H]4CCCC[C@@H]4C3)c2)c2ccccc2n1. The molecule has 5 nitrogen and oxygen atoms in total. The van der Waals surface area contributed by atoms with Crippen molar-refractivity contribution in [2.45, 2.75) is 39.0 Å². The predicted molar refractivity (Wildman–Crippen MR) is 135 cm³/mol. The second-order valence-electron chi connectivity index (χ2n) is 9.68. The average Bonchev–Trinajstić information content (AvgIpc) is 2.84. The fraction of sp³-hybridized carbons (Fsp3) is 0.429. The van der Waals surface area contributed by atoms with Crippen molar-refractivity contribution in [2.24, 2.45) is 11.8 Å². The highest BCUT2D eigenvalue weighted by Gasteiger charge is 2.30. The number of amides is 1. The fourth-order valence-electron chi connectivity index (χ4n) is 5.61. The lowest BCUT2D eigenvalue weighted by Gasteiger charge is -2.41. The van der Waals surface area contributed by atoms with Crippen molar-refractivity contribution in [3.05, 3.63) is 65.9 Å². The number of hydrogen-bond acceptors (Lipinski definition) is 4. The van der Waals surface area contributed by atoms with Gasteiger partial charge in [-0.15, -0.1) is 0 Å². The Morgan fingerprint density at radius 1 is 1.03 bits per heavy atom. The highest BCUT2D eigenvalue weighted by molar-refractivity contribution is 5.96. The van der Waals surface area contributed by atoms with E-state index >= 15 is 0 Å². The summed E-state index contributed by atoms with van der Waals surface area (Å²) < 4.78 is 0. The van der Waals surface area contributed by atoms with Gasteiger partial charge in [0.15, 0.2) is 0 Å². The van der Waals surface area contributed by atoms with Crippen LogP contribution in [0.25, 0.3) is 10.9 Å². The van der Waals surface area contributed by atoms with Gasteiger partial charge in [-0.2, -0.15) is 0 Å². The Labute approximate surface area is 196 Å². The first-order valence-electron chi connectivity index (χ1n) is 12.4. The molecule has 1 aliphatic carbocycles. The van der Waals surface area contributed by atoms with Crippen LogP contribution in [0.4, 0.5) is 11.4 Å². The van der Waals surface area contributed by atoms with Gasteiger partial charge in [-0.25, -0.2) is 0 Å². The summed E-state index contributed by atoms with van der Waals surface area (Å²) in [5.41, 5.74) is 4.51. The molecule has 33 heavy (non-hydrogen) atoms. The predicted octanol–water partition coefficient (Wildman–Crippen LogP) is 5.53. The molecule has 1 amide bonds. The molecule has 5 rings (SSSR count). The van der Waals surface area contributed by atoms with Crippen LogP contribution in [0.15, 0.2) is 54.6 Å². The number of pyridine rings is 1. The van der Waals surface area contributed by atoms with E-state index in [1.54, 1.807) is 0 Å². The summed E-state index contributed by atoms with van der Waals surface area (Å²) in [7, 11) is 0. The Bertz CT molecular complexity index is 1130. The molecule has 172 valence electrons. The van der Waals surface area contributed by atoms with Crippen LogP contribution >= 0.6 is 0 Å². The second kappa shape index (κ2) is 9.92. The van der Waals surface area contributed by atoms with E-state index in [2.05, 4.69) is 26.6 Å². The summed E-state index contributed by atoms with van der Waals surface area (Å²) in [5.74, 6) is 1.81.